The van der Waals surface area contributed by atoms with Crippen molar-refractivity contribution in [1.29, 1.82) is 0 Å². The molecule has 0 N–H and O–H groups in total. The molecule has 0 aliphatic rings. The molecule has 3 heterocycles. The summed E-state index contributed by atoms with van der Waals surface area (Å²) < 4.78 is 11.6. The van der Waals surface area contributed by atoms with E-state index in [1.54, 1.807) is 0 Å². The minimum Gasteiger partial charge on any atom is -0.455 e. The molecule has 0 spiro atoms. The van der Waals surface area contributed by atoms with Gasteiger partial charge in [-0.15, -0.1) is 11.3 Å². The molecular weight excluding hydrogens is 494 g/mol. The van der Waals surface area contributed by atoms with E-state index in [0.717, 1.165) is 27.5 Å². The van der Waals surface area contributed by atoms with E-state index in [2.05, 4.69) is 126 Å². The Labute approximate surface area is 227 Å². The fourth-order valence-corrected chi connectivity index (χ4v) is 7.66. The molecule has 0 aliphatic heterocycles. The quantitative estimate of drug-likeness (QED) is 0.224. The lowest BCUT2D eigenvalue weighted by atomic mass is 10.0. The molecule has 9 aromatic rings. The van der Waals surface area contributed by atoms with Gasteiger partial charge < -0.3 is 8.98 Å². The van der Waals surface area contributed by atoms with Crippen LogP contribution in [0.15, 0.2) is 132 Å². The normalized spacial score (nSPS) is 12.1. The molecule has 0 unspecified atom stereocenters. The van der Waals surface area contributed by atoms with Crippen LogP contribution in [0.5, 0.6) is 0 Å². The summed E-state index contributed by atoms with van der Waals surface area (Å²) in [6.07, 6.45) is 0. The fourth-order valence-electron chi connectivity index (χ4n) is 6.32. The van der Waals surface area contributed by atoms with Gasteiger partial charge in [-0.2, -0.15) is 0 Å². The predicted molar refractivity (Wildman–Crippen MR) is 166 cm³/mol. The Bertz CT molecular complexity index is 2390. The summed E-state index contributed by atoms with van der Waals surface area (Å²) in [5.74, 6) is 0. The molecule has 0 saturated heterocycles. The maximum absolute atomic E-state index is 6.51. The lowest BCUT2D eigenvalue weighted by Gasteiger charge is -2.09. The molecule has 0 fully saturated rings. The van der Waals surface area contributed by atoms with E-state index in [1.807, 2.05) is 17.4 Å². The Hall–Kier alpha value is -4.86. The van der Waals surface area contributed by atoms with E-state index in [1.165, 1.54) is 53.3 Å². The summed E-state index contributed by atoms with van der Waals surface area (Å²) in [5, 5.41) is 7.29. The third-order valence-electron chi connectivity index (χ3n) is 8.01. The third-order valence-corrected chi connectivity index (χ3v) is 9.29. The summed E-state index contributed by atoms with van der Waals surface area (Å²) in [7, 11) is 0. The van der Waals surface area contributed by atoms with Crippen molar-refractivity contribution in [3.63, 3.8) is 0 Å². The number of furan rings is 1. The largest absolute Gasteiger partial charge is 0.455 e. The van der Waals surface area contributed by atoms with Gasteiger partial charge in [0.25, 0.3) is 0 Å². The Morgan fingerprint density at radius 2 is 1.21 bits per heavy atom. The van der Waals surface area contributed by atoms with Crippen molar-refractivity contribution in [2.24, 2.45) is 0 Å². The van der Waals surface area contributed by atoms with E-state index < -0.39 is 0 Å². The molecule has 0 amide bonds. The highest BCUT2D eigenvalue weighted by atomic mass is 32.1. The van der Waals surface area contributed by atoms with Gasteiger partial charge in [-0.05, 0) is 41.5 Å². The van der Waals surface area contributed by atoms with Crippen molar-refractivity contribution in [3.05, 3.63) is 127 Å². The van der Waals surface area contributed by atoms with Crippen LogP contribution in [0.1, 0.15) is 0 Å². The first-order valence-corrected chi connectivity index (χ1v) is 14.0. The second-order valence-electron chi connectivity index (χ2n) is 10.1. The van der Waals surface area contributed by atoms with Crippen LogP contribution in [0.3, 0.4) is 0 Å². The van der Waals surface area contributed by atoms with Crippen molar-refractivity contribution >= 4 is 75.3 Å². The van der Waals surface area contributed by atoms with Crippen LogP contribution in [-0.2, 0) is 0 Å². The topological polar surface area (TPSA) is 18.1 Å². The van der Waals surface area contributed by atoms with Crippen molar-refractivity contribution in [2.45, 2.75) is 0 Å². The Morgan fingerprint density at radius 1 is 0.487 bits per heavy atom. The number of nitrogens with zero attached hydrogens (tertiary/aromatic N) is 1. The van der Waals surface area contributed by atoms with Gasteiger partial charge in [0.15, 0.2) is 0 Å². The van der Waals surface area contributed by atoms with Crippen LogP contribution in [0.25, 0.3) is 80.7 Å². The first-order chi connectivity index (χ1) is 19.4. The molecule has 3 aromatic heterocycles. The zero-order valence-corrected chi connectivity index (χ0v) is 21.7. The standard InChI is InChI=1S/C36H21NOS/c1-2-10-22(11-3-1)23-14-8-15-26-27-16-9-18-31(36(27)39-35(23)26)37-29-17-6-4-13-28(29)33-30(37)21-20-25-24-12-5-7-19-32(24)38-34(25)33/h1-21H. The Balaban J connectivity index is 1.42. The number of aromatic nitrogens is 1. The minimum atomic E-state index is 0.928. The van der Waals surface area contributed by atoms with E-state index in [4.69, 9.17) is 4.42 Å². The summed E-state index contributed by atoms with van der Waals surface area (Å²) in [5.41, 5.74) is 7.97. The molecule has 3 heteroatoms. The monoisotopic (exact) mass is 515 g/mol. The van der Waals surface area contributed by atoms with Crippen molar-refractivity contribution in [2.75, 3.05) is 0 Å². The number of para-hydroxylation sites is 2. The van der Waals surface area contributed by atoms with Gasteiger partial charge in [0.2, 0.25) is 0 Å². The molecule has 0 saturated carbocycles. The summed E-state index contributed by atoms with van der Waals surface area (Å²) in [6.45, 7) is 0. The lowest BCUT2D eigenvalue weighted by Crippen LogP contribution is -1.93. The Morgan fingerprint density at radius 3 is 2.10 bits per heavy atom. The SMILES string of the molecule is c1ccc(-c2cccc3c2sc2c(-n4c5ccccc5c5c6oc7ccccc7c6ccc54)cccc23)cc1. The summed E-state index contributed by atoms with van der Waals surface area (Å²) in [6, 6.07) is 45.6. The highest BCUT2D eigenvalue weighted by Crippen LogP contribution is 2.45. The van der Waals surface area contributed by atoms with Crippen LogP contribution in [0.4, 0.5) is 0 Å². The molecule has 182 valence electrons. The number of hydrogen-bond donors (Lipinski definition) is 0. The predicted octanol–water partition coefficient (Wildman–Crippen LogP) is 10.7. The maximum Gasteiger partial charge on any atom is 0.145 e. The molecule has 2 nitrogen and oxygen atoms in total. The molecule has 0 aliphatic carbocycles. The second kappa shape index (κ2) is 7.83. The van der Waals surface area contributed by atoms with Gasteiger partial charge in [-0.1, -0.05) is 97.1 Å². The third kappa shape index (κ3) is 2.85. The fraction of sp³-hybridized carbons (Fsp3) is 0. The number of thiophene rings is 1. The van der Waals surface area contributed by atoms with Crippen LogP contribution in [-0.4, -0.2) is 4.57 Å². The van der Waals surface area contributed by atoms with Crippen LogP contribution >= 0.6 is 11.3 Å². The van der Waals surface area contributed by atoms with Crippen molar-refractivity contribution < 1.29 is 4.42 Å². The average Bonchev–Trinajstić information content (AvgIpc) is 3.67. The van der Waals surface area contributed by atoms with Gasteiger partial charge in [-0.3, -0.25) is 0 Å². The van der Waals surface area contributed by atoms with Crippen LogP contribution in [0.2, 0.25) is 0 Å². The molecule has 0 radical (unpaired) electrons. The summed E-state index contributed by atoms with van der Waals surface area (Å²) in [4.78, 5) is 0. The van der Waals surface area contributed by atoms with E-state index in [9.17, 15) is 0 Å². The van der Waals surface area contributed by atoms with Crippen LogP contribution < -0.4 is 0 Å². The number of rotatable bonds is 2. The van der Waals surface area contributed by atoms with Crippen molar-refractivity contribution in [1.82, 2.24) is 4.57 Å². The minimum absolute atomic E-state index is 0.928. The van der Waals surface area contributed by atoms with Gasteiger partial charge in [-0.25, -0.2) is 0 Å². The Kier molecular flexibility index (Phi) is 4.24. The molecule has 0 atom stereocenters. The van der Waals surface area contributed by atoms with Gasteiger partial charge in [0.1, 0.15) is 11.2 Å². The first-order valence-electron chi connectivity index (χ1n) is 13.2. The lowest BCUT2D eigenvalue weighted by molar-refractivity contribution is 0.673. The number of hydrogen-bond acceptors (Lipinski definition) is 2. The van der Waals surface area contributed by atoms with Gasteiger partial charge in [0, 0.05) is 31.6 Å². The number of benzene rings is 6. The van der Waals surface area contributed by atoms with E-state index in [0.29, 0.717) is 0 Å². The molecule has 9 rings (SSSR count). The highest BCUT2D eigenvalue weighted by molar-refractivity contribution is 7.26. The first kappa shape index (κ1) is 21.1. The molecule has 6 aromatic carbocycles. The smallest absolute Gasteiger partial charge is 0.145 e. The van der Waals surface area contributed by atoms with Gasteiger partial charge in [0.05, 0.1) is 26.8 Å². The summed E-state index contributed by atoms with van der Waals surface area (Å²) >= 11 is 1.89. The zero-order chi connectivity index (χ0) is 25.5. The maximum atomic E-state index is 6.51. The van der Waals surface area contributed by atoms with Gasteiger partial charge >= 0.3 is 0 Å². The second-order valence-corrected chi connectivity index (χ2v) is 11.1. The van der Waals surface area contributed by atoms with E-state index >= 15 is 0 Å². The molecular formula is C36H21NOS. The molecule has 0 bridgehead atoms. The number of fused-ring (bicyclic) bond motifs is 10. The molecule has 39 heavy (non-hydrogen) atoms. The zero-order valence-electron chi connectivity index (χ0n) is 20.9. The highest BCUT2D eigenvalue weighted by Gasteiger charge is 2.20. The average molecular weight is 516 g/mol. The van der Waals surface area contributed by atoms with Crippen LogP contribution in [0, 0.1) is 0 Å². The van der Waals surface area contributed by atoms with E-state index in [-0.39, 0.29) is 0 Å². The van der Waals surface area contributed by atoms with Crippen molar-refractivity contribution in [3.8, 4) is 16.8 Å².